The zero-order valence-electron chi connectivity index (χ0n) is 33.3. The molecule has 0 radical (unpaired) electrons. The predicted octanol–water partition coefficient (Wildman–Crippen LogP) is -0.0983. The Morgan fingerprint density at radius 1 is 0.544 bits per heavy atom. The zero-order chi connectivity index (χ0) is 40.6. The molecule has 0 saturated carbocycles. The van der Waals surface area contributed by atoms with Gasteiger partial charge in [0.15, 0.2) is 0 Å². The van der Waals surface area contributed by atoms with Crippen molar-refractivity contribution in [3.63, 3.8) is 0 Å². The van der Waals surface area contributed by atoms with E-state index in [1.54, 1.807) is 18.2 Å². The van der Waals surface area contributed by atoms with Gasteiger partial charge in [0.05, 0.1) is 156 Å². The SMILES string of the molecule is CNCCOCCOCCOCCOCCOCCOCCOCCOCCOCCOCCOCCNc1cccc2c1C(=O)N(C1CCC(=O)NC1=O)C2=O. The lowest BCUT2D eigenvalue weighted by Gasteiger charge is -2.27. The Balaban J connectivity index is 0.995. The molecule has 0 spiro atoms. The van der Waals surface area contributed by atoms with Gasteiger partial charge in [-0.3, -0.25) is 29.4 Å². The van der Waals surface area contributed by atoms with Gasteiger partial charge in [0, 0.05) is 25.2 Å². The summed E-state index contributed by atoms with van der Waals surface area (Å²) >= 11 is 0. The smallest absolute Gasteiger partial charge is 0.264 e. The van der Waals surface area contributed by atoms with Crippen molar-refractivity contribution < 1.29 is 71.3 Å². The molecule has 4 amide bonds. The molecule has 0 aromatic heterocycles. The van der Waals surface area contributed by atoms with Gasteiger partial charge in [-0.25, -0.2) is 0 Å². The predicted molar refractivity (Wildman–Crippen MR) is 205 cm³/mol. The highest BCUT2D eigenvalue weighted by Gasteiger charge is 2.45. The molecular formula is C38H62N4O15. The molecule has 1 unspecified atom stereocenters. The van der Waals surface area contributed by atoms with Crippen molar-refractivity contribution in [1.82, 2.24) is 15.5 Å². The standard InChI is InChI=1S/C38H62N4O15/c1-39-7-9-47-11-13-49-15-17-51-19-21-53-23-25-55-27-29-57-30-28-56-26-24-54-22-20-52-18-16-50-14-12-48-10-8-40-32-4-2-3-31-35(32)38(46)42(37(31)45)33-5-6-34(43)41-36(33)44/h2-4,33,39-40H,5-30H2,1H3,(H,41,43,44). The summed E-state index contributed by atoms with van der Waals surface area (Å²) in [5.41, 5.74) is 0.906. The largest absolute Gasteiger partial charge is 0.382 e. The maximum Gasteiger partial charge on any atom is 0.264 e. The van der Waals surface area contributed by atoms with Gasteiger partial charge in [-0.2, -0.15) is 0 Å². The molecule has 2 aliphatic rings. The summed E-state index contributed by atoms with van der Waals surface area (Å²) < 4.78 is 60.3. The molecule has 19 nitrogen and oxygen atoms in total. The lowest BCUT2D eigenvalue weighted by Crippen LogP contribution is -2.54. The molecule has 57 heavy (non-hydrogen) atoms. The van der Waals surface area contributed by atoms with Gasteiger partial charge in [-0.1, -0.05) is 6.07 Å². The average molecular weight is 815 g/mol. The third-order valence-corrected chi connectivity index (χ3v) is 8.25. The third-order valence-electron chi connectivity index (χ3n) is 8.25. The molecule has 3 N–H and O–H groups in total. The lowest BCUT2D eigenvalue weighted by atomic mass is 10.0. The Bertz CT molecular complexity index is 1280. The minimum atomic E-state index is -1.01. The van der Waals surface area contributed by atoms with Crippen LogP contribution in [-0.2, 0) is 61.7 Å². The minimum Gasteiger partial charge on any atom is -0.382 e. The molecule has 324 valence electrons. The summed E-state index contributed by atoms with van der Waals surface area (Å²) in [6.45, 7) is 11.8. The van der Waals surface area contributed by atoms with Crippen molar-refractivity contribution in [3.8, 4) is 0 Å². The molecule has 1 aromatic rings. The molecule has 0 aliphatic carbocycles. The minimum absolute atomic E-state index is 0.0653. The maximum atomic E-state index is 13.2. The summed E-state index contributed by atoms with van der Waals surface area (Å²) in [5.74, 6) is -2.17. The van der Waals surface area contributed by atoms with Crippen molar-refractivity contribution in [3.05, 3.63) is 29.3 Å². The Kier molecular flexibility index (Phi) is 26.9. The zero-order valence-corrected chi connectivity index (χ0v) is 33.3. The van der Waals surface area contributed by atoms with E-state index in [-0.39, 0.29) is 24.0 Å². The number of anilines is 1. The number of imide groups is 2. The van der Waals surface area contributed by atoms with E-state index in [9.17, 15) is 19.2 Å². The average Bonchev–Trinajstić information content (AvgIpc) is 3.46. The van der Waals surface area contributed by atoms with E-state index < -0.39 is 29.7 Å². The van der Waals surface area contributed by atoms with Crippen molar-refractivity contribution in [2.24, 2.45) is 0 Å². The highest BCUT2D eigenvalue weighted by molar-refractivity contribution is 6.25. The fourth-order valence-electron chi connectivity index (χ4n) is 5.40. The first-order valence-corrected chi connectivity index (χ1v) is 19.6. The highest BCUT2D eigenvalue weighted by atomic mass is 16.6. The summed E-state index contributed by atoms with van der Waals surface area (Å²) in [5, 5.41) is 8.35. The number of carbonyl (C=O) groups is 4. The second-order valence-corrected chi connectivity index (χ2v) is 12.4. The monoisotopic (exact) mass is 814 g/mol. The number of nitrogens with one attached hydrogen (secondary N) is 3. The van der Waals surface area contributed by atoms with E-state index in [0.29, 0.717) is 158 Å². The van der Waals surface area contributed by atoms with Crippen LogP contribution in [0.25, 0.3) is 0 Å². The summed E-state index contributed by atoms with van der Waals surface area (Å²) in [4.78, 5) is 50.9. The van der Waals surface area contributed by atoms with Gasteiger partial charge in [0.1, 0.15) is 6.04 Å². The van der Waals surface area contributed by atoms with Crippen LogP contribution in [0.5, 0.6) is 0 Å². The maximum absolute atomic E-state index is 13.2. The molecule has 19 heteroatoms. The van der Waals surface area contributed by atoms with Gasteiger partial charge < -0.3 is 62.7 Å². The van der Waals surface area contributed by atoms with Gasteiger partial charge in [-0.15, -0.1) is 0 Å². The molecule has 1 fully saturated rings. The van der Waals surface area contributed by atoms with Crippen LogP contribution in [0.1, 0.15) is 33.6 Å². The first-order chi connectivity index (χ1) is 28.0. The Morgan fingerprint density at radius 3 is 1.32 bits per heavy atom. The van der Waals surface area contributed by atoms with Crippen LogP contribution in [-0.4, -0.2) is 200 Å². The molecule has 1 atom stereocenters. The van der Waals surface area contributed by atoms with E-state index in [2.05, 4.69) is 16.0 Å². The Labute approximate surface area is 334 Å². The van der Waals surface area contributed by atoms with E-state index in [4.69, 9.17) is 52.1 Å². The number of fused-ring (bicyclic) bond motifs is 1. The number of hydrogen-bond acceptors (Lipinski definition) is 17. The second kappa shape index (κ2) is 31.8. The van der Waals surface area contributed by atoms with Crippen LogP contribution in [0.4, 0.5) is 5.69 Å². The fraction of sp³-hybridized carbons (Fsp3) is 0.737. The van der Waals surface area contributed by atoms with E-state index in [1.807, 2.05) is 7.05 Å². The lowest BCUT2D eigenvalue weighted by molar-refractivity contribution is -0.136. The number of amides is 4. The summed E-state index contributed by atoms with van der Waals surface area (Å²) in [6, 6.07) is 3.90. The molecule has 2 aliphatic heterocycles. The molecule has 3 rings (SSSR count). The van der Waals surface area contributed by atoms with Crippen molar-refractivity contribution in [2.75, 3.05) is 171 Å². The first kappa shape index (κ1) is 48.2. The van der Waals surface area contributed by atoms with E-state index in [0.717, 1.165) is 11.4 Å². The molecule has 1 aromatic carbocycles. The topological polar surface area (TPSA) is 209 Å². The second-order valence-electron chi connectivity index (χ2n) is 12.4. The first-order valence-electron chi connectivity index (χ1n) is 19.6. The summed E-state index contributed by atoms with van der Waals surface area (Å²) in [7, 11) is 1.89. The van der Waals surface area contributed by atoms with E-state index in [1.165, 1.54) is 0 Å². The number of rotatable bonds is 38. The Hall–Kier alpha value is -3.18. The van der Waals surface area contributed by atoms with Gasteiger partial charge in [0.2, 0.25) is 11.8 Å². The van der Waals surface area contributed by atoms with Crippen LogP contribution in [0, 0.1) is 0 Å². The van der Waals surface area contributed by atoms with Crippen LogP contribution < -0.4 is 16.0 Å². The van der Waals surface area contributed by atoms with Crippen LogP contribution in [0.15, 0.2) is 18.2 Å². The van der Waals surface area contributed by atoms with Gasteiger partial charge in [-0.05, 0) is 25.6 Å². The molecule has 1 saturated heterocycles. The number of carbonyl (C=O) groups excluding carboxylic acids is 4. The number of hydrogen-bond donors (Lipinski definition) is 3. The van der Waals surface area contributed by atoms with Crippen molar-refractivity contribution in [1.29, 1.82) is 0 Å². The summed E-state index contributed by atoms with van der Waals surface area (Å²) in [6.07, 6.45) is 0.168. The van der Waals surface area contributed by atoms with Crippen LogP contribution in [0.2, 0.25) is 0 Å². The van der Waals surface area contributed by atoms with Gasteiger partial charge in [0.25, 0.3) is 11.8 Å². The van der Waals surface area contributed by atoms with Crippen LogP contribution in [0.3, 0.4) is 0 Å². The molecular weight excluding hydrogens is 752 g/mol. The molecule has 0 bridgehead atoms. The number of ether oxygens (including phenoxy) is 11. The number of benzene rings is 1. The van der Waals surface area contributed by atoms with Crippen LogP contribution >= 0.6 is 0 Å². The van der Waals surface area contributed by atoms with E-state index >= 15 is 0 Å². The highest BCUT2D eigenvalue weighted by Crippen LogP contribution is 2.32. The number of piperidine rings is 1. The fourth-order valence-corrected chi connectivity index (χ4v) is 5.40. The van der Waals surface area contributed by atoms with Gasteiger partial charge >= 0.3 is 0 Å². The number of likely N-dealkylation sites (N-methyl/N-ethyl adjacent to an activating group) is 1. The van der Waals surface area contributed by atoms with Crippen molar-refractivity contribution in [2.45, 2.75) is 18.9 Å². The molecule has 2 heterocycles. The normalized spacial score (nSPS) is 15.5. The quantitative estimate of drug-likeness (QED) is 0.0588. The van der Waals surface area contributed by atoms with Crippen molar-refractivity contribution >= 4 is 29.3 Å². The number of nitrogens with zero attached hydrogens (tertiary/aromatic N) is 1. The Morgan fingerprint density at radius 2 is 0.930 bits per heavy atom. The third kappa shape index (κ3) is 20.4.